The molecular formula is C21H33NO2. The number of methoxy groups -OCH3 is 1. The molecule has 0 unspecified atom stereocenters. The van der Waals surface area contributed by atoms with Crippen molar-refractivity contribution in [2.75, 3.05) is 13.7 Å². The van der Waals surface area contributed by atoms with Crippen LogP contribution in [0.5, 0.6) is 5.75 Å². The number of hydrogen-bond acceptors (Lipinski definition) is 2. The van der Waals surface area contributed by atoms with Crippen LogP contribution in [-0.4, -0.2) is 19.6 Å². The van der Waals surface area contributed by atoms with E-state index in [1.165, 1.54) is 38.5 Å². The van der Waals surface area contributed by atoms with Gasteiger partial charge in [0.1, 0.15) is 5.75 Å². The van der Waals surface area contributed by atoms with Crippen LogP contribution in [0.1, 0.15) is 71.3 Å². The van der Waals surface area contributed by atoms with Gasteiger partial charge in [-0.05, 0) is 43.5 Å². The number of amides is 1. The zero-order chi connectivity index (χ0) is 17.8. The molecule has 1 N–H and O–H groups in total. The van der Waals surface area contributed by atoms with Crippen LogP contribution in [0.4, 0.5) is 0 Å². The summed E-state index contributed by atoms with van der Waals surface area (Å²) in [6.45, 7) is 6.88. The van der Waals surface area contributed by atoms with Crippen molar-refractivity contribution in [3.8, 4) is 5.75 Å². The van der Waals surface area contributed by atoms with Crippen molar-refractivity contribution in [2.24, 2.45) is 0 Å². The van der Waals surface area contributed by atoms with Crippen molar-refractivity contribution in [2.45, 2.75) is 65.7 Å². The SMILES string of the molecule is CCCCCCCCCNC(=O)/C(C)=C(/C)c1ccc(OC)cc1. The van der Waals surface area contributed by atoms with Gasteiger partial charge in [-0.15, -0.1) is 0 Å². The molecule has 0 heterocycles. The minimum Gasteiger partial charge on any atom is -0.497 e. The Morgan fingerprint density at radius 3 is 2.12 bits per heavy atom. The van der Waals surface area contributed by atoms with Gasteiger partial charge in [-0.1, -0.05) is 57.6 Å². The minimum atomic E-state index is 0.0364. The summed E-state index contributed by atoms with van der Waals surface area (Å²) >= 11 is 0. The third kappa shape index (κ3) is 7.20. The highest BCUT2D eigenvalue weighted by Crippen LogP contribution is 2.21. The molecule has 0 aliphatic heterocycles. The van der Waals surface area contributed by atoms with E-state index < -0.39 is 0 Å². The fourth-order valence-corrected chi connectivity index (χ4v) is 2.64. The lowest BCUT2D eigenvalue weighted by molar-refractivity contribution is -0.117. The molecule has 3 nitrogen and oxygen atoms in total. The Hall–Kier alpha value is -1.77. The van der Waals surface area contributed by atoms with Gasteiger partial charge in [0.15, 0.2) is 0 Å². The molecule has 1 rings (SSSR count). The first-order valence-corrected chi connectivity index (χ1v) is 9.20. The molecule has 0 aromatic heterocycles. The summed E-state index contributed by atoms with van der Waals surface area (Å²) in [5.41, 5.74) is 2.84. The number of unbranched alkanes of at least 4 members (excludes halogenated alkanes) is 6. The molecule has 0 aliphatic carbocycles. The van der Waals surface area contributed by atoms with Crippen LogP contribution in [0.3, 0.4) is 0 Å². The predicted molar refractivity (Wildman–Crippen MR) is 102 cm³/mol. The van der Waals surface area contributed by atoms with Crippen LogP contribution in [0.15, 0.2) is 29.8 Å². The standard InChI is InChI=1S/C21H33NO2/c1-5-6-7-8-9-10-11-16-22-21(23)18(3)17(2)19-12-14-20(24-4)15-13-19/h12-15H,5-11,16H2,1-4H3,(H,22,23)/b18-17-. The van der Waals surface area contributed by atoms with Gasteiger partial charge in [0, 0.05) is 12.1 Å². The third-order valence-electron chi connectivity index (χ3n) is 4.49. The number of hydrogen-bond donors (Lipinski definition) is 1. The molecule has 1 aromatic carbocycles. The molecule has 0 aliphatic rings. The van der Waals surface area contributed by atoms with E-state index in [-0.39, 0.29) is 5.91 Å². The summed E-state index contributed by atoms with van der Waals surface area (Å²) in [6.07, 6.45) is 8.82. The molecule has 0 bridgehead atoms. The highest BCUT2D eigenvalue weighted by Gasteiger charge is 2.09. The van der Waals surface area contributed by atoms with Gasteiger partial charge in [-0.25, -0.2) is 0 Å². The summed E-state index contributed by atoms with van der Waals surface area (Å²) < 4.78 is 5.17. The van der Waals surface area contributed by atoms with E-state index >= 15 is 0 Å². The van der Waals surface area contributed by atoms with Crippen molar-refractivity contribution in [1.29, 1.82) is 0 Å². The van der Waals surface area contributed by atoms with Crippen LogP contribution in [0.2, 0.25) is 0 Å². The fraction of sp³-hybridized carbons (Fsp3) is 0.571. The first-order chi connectivity index (χ1) is 11.6. The molecule has 1 aromatic rings. The average molecular weight is 332 g/mol. The predicted octanol–water partition coefficient (Wildman–Crippen LogP) is 5.36. The second-order valence-electron chi connectivity index (χ2n) is 6.36. The topological polar surface area (TPSA) is 38.3 Å². The zero-order valence-corrected chi connectivity index (χ0v) is 15.8. The average Bonchev–Trinajstić information content (AvgIpc) is 2.62. The second kappa shape index (κ2) is 11.7. The van der Waals surface area contributed by atoms with Gasteiger partial charge < -0.3 is 10.1 Å². The van der Waals surface area contributed by atoms with Crippen molar-refractivity contribution in [1.82, 2.24) is 5.32 Å². The Labute approximate surface area is 147 Å². The first-order valence-electron chi connectivity index (χ1n) is 9.20. The Kier molecular flexibility index (Phi) is 9.90. The van der Waals surface area contributed by atoms with Gasteiger partial charge in [0.2, 0.25) is 5.91 Å². The van der Waals surface area contributed by atoms with Crippen LogP contribution < -0.4 is 10.1 Å². The van der Waals surface area contributed by atoms with E-state index in [4.69, 9.17) is 4.74 Å². The van der Waals surface area contributed by atoms with Crippen LogP contribution in [0.25, 0.3) is 5.57 Å². The molecule has 0 radical (unpaired) electrons. The zero-order valence-electron chi connectivity index (χ0n) is 15.8. The largest absolute Gasteiger partial charge is 0.497 e. The molecular weight excluding hydrogens is 298 g/mol. The smallest absolute Gasteiger partial charge is 0.247 e. The first kappa shape index (κ1) is 20.3. The summed E-state index contributed by atoms with van der Waals surface area (Å²) in [6, 6.07) is 7.81. The fourth-order valence-electron chi connectivity index (χ4n) is 2.64. The van der Waals surface area contributed by atoms with Crippen molar-refractivity contribution in [3.05, 3.63) is 35.4 Å². The molecule has 3 heteroatoms. The van der Waals surface area contributed by atoms with E-state index in [2.05, 4.69) is 12.2 Å². The van der Waals surface area contributed by atoms with Crippen LogP contribution in [-0.2, 0) is 4.79 Å². The number of nitrogens with one attached hydrogen (secondary N) is 1. The van der Waals surface area contributed by atoms with Gasteiger partial charge in [-0.2, -0.15) is 0 Å². The Bertz CT molecular complexity index is 517. The Balaban J connectivity index is 2.37. The summed E-state index contributed by atoms with van der Waals surface area (Å²) in [7, 11) is 1.65. The van der Waals surface area contributed by atoms with Crippen molar-refractivity contribution < 1.29 is 9.53 Å². The van der Waals surface area contributed by atoms with Crippen molar-refractivity contribution in [3.63, 3.8) is 0 Å². The molecule has 1 amide bonds. The minimum absolute atomic E-state index is 0.0364. The lowest BCUT2D eigenvalue weighted by atomic mass is 10.0. The lowest BCUT2D eigenvalue weighted by Gasteiger charge is -2.10. The normalized spacial score (nSPS) is 11.8. The number of rotatable bonds is 11. The number of benzene rings is 1. The maximum absolute atomic E-state index is 12.3. The lowest BCUT2D eigenvalue weighted by Crippen LogP contribution is -2.25. The highest BCUT2D eigenvalue weighted by atomic mass is 16.5. The maximum Gasteiger partial charge on any atom is 0.247 e. The number of ether oxygens (including phenoxy) is 1. The molecule has 0 spiro atoms. The van der Waals surface area contributed by atoms with Gasteiger partial charge in [0.25, 0.3) is 0 Å². The molecule has 0 saturated carbocycles. The third-order valence-corrected chi connectivity index (χ3v) is 4.49. The second-order valence-corrected chi connectivity index (χ2v) is 6.36. The van der Waals surface area contributed by atoms with E-state index in [0.29, 0.717) is 0 Å². The Morgan fingerprint density at radius 1 is 0.958 bits per heavy atom. The van der Waals surface area contributed by atoms with Gasteiger partial charge in [-0.3, -0.25) is 4.79 Å². The van der Waals surface area contributed by atoms with Crippen LogP contribution >= 0.6 is 0 Å². The molecule has 134 valence electrons. The number of carbonyl (C=O) groups is 1. The number of allylic oxidation sites excluding steroid dienone is 1. The maximum atomic E-state index is 12.3. The van der Waals surface area contributed by atoms with E-state index in [9.17, 15) is 4.79 Å². The van der Waals surface area contributed by atoms with E-state index in [0.717, 1.165) is 35.4 Å². The summed E-state index contributed by atoms with van der Waals surface area (Å²) in [4.78, 5) is 12.3. The quantitative estimate of drug-likeness (QED) is 0.438. The van der Waals surface area contributed by atoms with Gasteiger partial charge >= 0.3 is 0 Å². The van der Waals surface area contributed by atoms with Crippen molar-refractivity contribution >= 4 is 11.5 Å². The van der Waals surface area contributed by atoms with E-state index in [1.807, 2.05) is 38.1 Å². The molecule has 0 atom stereocenters. The van der Waals surface area contributed by atoms with Crippen LogP contribution in [0, 0.1) is 0 Å². The summed E-state index contributed by atoms with van der Waals surface area (Å²) in [5.74, 6) is 0.863. The Morgan fingerprint density at radius 2 is 1.54 bits per heavy atom. The monoisotopic (exact) mass is 331 g/mol. The molecule has 24 heavy (non-hydrogen) atoms. The molecule has 0 saturated heterocycles. The van der Waals surface area contributed by atoms with E-state index in [1.54, 1.807) is 7.11 Å². The molecule has 0 fully saturated rings. The number of carbonyl (C=O) groups excluding carboxylic acids is 1. The summed E-state index contributed by atoms with van der Waals surface area (Å²) in [5, 5.41) is 3.04. The van der Waals surface area contributed by atoms with Gasteiger partial charge in [0.05, 0.1) is 7.11 Å². The highest BCUT2D eigenvalue weighted by molar-refractivity contribution is 6.00.